The van der Waals surface area contributed by atoms with Gasteiger partial charge < -0.3 is 20.2 Å². The molecule has 1 aromatic heterocycles. The highest BCUT2D eigenvalue weighted by Gasteiger charge is 2.32. The fourth-order valence-corrected chi connectivity index (χ4v) is 3.23. The van der Waals surface area contributed by atoms with E-state index in [0.717, 1.165) is 24.3 Å². The minimum Gasteiger partial charge on any atom is -0.424 e. The molecule has 0 bridgehead atoms. The van der Waals surface area contributed by atoms with Crippen LogP contribution in [0.1, 0.15) is 12.8 Å². The van der Waals surface area contributed by atoms with E-state index in [1.165, 1.54) is 19.4 Å². The first kappa shape index (κ1) is 12.9. The Bertz CT molecular complexity index is 642. The number of nitrogens with one attached hydrogen (secondary N) is 1. The van der Waals surface area contributed by atoms with Crippen LogP contribution in [0.4, 0.5) is 11.7 Å². The van der Waals surface area contributed by atoms with E-state index >= 15 is 0 Å². The smallest absolute Gasteiger partial charge is 0.295 e. The lowest BCUT2D eigenvalue weighted by atomic mass is 10.2. The molecule has 1 aromatic carbocycles. The Morgan fingerprint density at radius 2 is 2.38 bits per heavy atom. The summed E-state index contributed by atoms with van der Waals surface area (Å²) in [7, 11) is 0. The summed E-state index contributed by atoms with van der Waals surface area (Å²) in [4.78, 5) is 6.93. The van der Waals surface area contributed by atoms with E-state index in [1.54, 1.807) is 0 Å². The molecule has 21 heavy (non-hydrogen) atoms. The van der Waals surface area contributed by atoms with Gasteiger partial charge in [-0.05, 0) is 37.6 Å². The van der Waals surface area contributed by atoms with Crippen molar-refractivity contribution < 1.29 is 9.15 Å². The first-order valence-corrected chi connectivity index (χ1v) is 7.53. The van der Waals surface area contributed by atoms with Gasteiger partial charge in [-0.2, -0.15) is 4.98 Å². The molecule has 0 radical (unpaired) electrons. The van der Waals surface area contributed by atoms with Gasteiger partial charge in [-0.3, -0.25) is 4.90 Å². The third kappa shape index (κ3) is 2.56. The average Bonchev–Trinajstić information content (AvgIpc) is 3.09. The maximum atomic E-state index is 5.91. The molecule has 2 unspecified atom stereocenters. The van der Waals surface area contributed by atoms with Gasteiger partial charge in [0.15, 0.2) is 5.58 Å². The number of hydrogen-bond acceptors (Lipinski definition) is 6. The fraction of sp³-hybridized carbons (Fsp3) is 0.533. The minimum atomic E-state index is 0.194. The molecule has 112 valence electrons. The molecule has 2 fully saturated rings. The van der Waals surface area contributed by atoms with Crippen molar-refractivity contribution >= 4 is 22.8 Å². The second-order valence-electron chi connectivity index (χ2n) is 5.87. The number of hydrogen-bond donors (Lipinski definition) is 2. The van der Waals surface area contributed by atoms with Crippen LogP contribution < -0.4 is 11.1 Å². The van der Waals surface area contributed by atoms with Gasteiger partial charge in [-0.1, -0.05) is 0 Å². The van der Waals surface area contributed by atoms with Gasteiger partial charge in [0, 0.05) is 24.8 Å². The number of nitrogens with zero attached hydrogens (tertiary/aromatic N) is 2. The normalized spacial score (nSPS) is 26.1. The molecule has 0 aliphatic carbocycles. The number of rotatable bonds is 3. The molecular weight excluding hydrogens is 268 g/mol. The van der Waals surface area contributed by atoms with Crippen LogP contribution in [0.5, 0.6) is 0 Å². The summed E-state index contributed by atoms with van der Waals surface area (Å²) in [6.45, 7) is 3.75. The van der Waals surface area contributed by atoms with Crippen molar-refractivity contribution in [3.05, 3.63) is 18.2 Å². The number of benzene rings is 1. The molecule has 3 heterocycles. The van der Waals surface area contributed by atoms with Crippen molar-refractivity contribution in [3.8, 4) is 0 Å². The lowest BCUT2D eigenvalue weighted by Gasteiger charge is -2.35. The molecule has 2 aliphatic rings. The van der Waals surface area contributed by atoms with Gasteiger partial charge in [0.2, 0.25) is 0 Å². The van der Waals surface area contributed by atoms with Crippen LogP contribution >= 0.6 is 0 Å². The molecule has 2 aromatic rings. The summed E-state index contributed by atoms with van der Waals surface area (Å²) >= 11 is 0. The van der Waals surface area contributed by atoms with Gasteiger partial charge >= 0.3 is 0 Å². The number of fused-ring (bicyclic) bond motifs is 2. The topological polar surface area (TPSA) is 76.5 Å². The molecular formula is C15H20N4O2. The Kier molecular flexibility index (Phi) is 3.20. The monoisotopic (exact) mass is 288 g/mol. The Labute approximate surface area is 123 Å². The summed E-state index contributed by atoms with van der Waals surface area (Å²) < 4.78 is 11.6. The Morgan fingerprint density at radius 3 is 3.33 bits per heavy atom. The standard InChI is InChI=1S/C15H20N4O2/c16-10-3-4-14-13(6-10)18-15(21-14)17-7-12-8-19-5-1-2-11(19)9-20-12/h3-4,6,11-12H,1-2,5,7-9,16H2,(H,17,18). The summed E-state index contributed by atoms with van der Waals surface area (Å²) in [5, 5.41) is 3.23. The van der Waals surface area contributed by atoms with Crippen LogP contribution in [0, 0.1) is 0 Å². The molecule has 2 aliphatic heterocycles. The molecule has 2 atom stereocenters. The zero-order chi connectivity index (χ0) is 14.2. The second kappa shape index (κ2) is 5.20. The van der Waals surface area contributed by atoms with Gasteiger partial charge in [-0.15, -0.1) is 0 Å². The third-order valence-electron chi connectivity index (χ3n) is 4.35. The van der Waals surface area contributed by atoms with Crippen LogP contribution in [-0.2, 0) is 4.74 Å². The van der Waals surface area contributed by atoms with Crippen LogP contribution in [0.25, 0.3) is 11.1 Å². The number of morpholine rings is 1. The number of anilines is 2. The second-order valence-corrected chi connectivity index (χ2v) is 5.87. The largest absolute Gasteiger partial charge is 0.424 e. The molecule has 0 spiro atoms. The summed E-state index contributed by atoms with van der Waals surface area (Å²) in [6, 6.07) is 6.64. The van der Waals surface area contributed by atoms with Crippen molar-refractivity contribution in [3.63, 3.8) is 0 Å². The van der Waals surface area contributed by atoms with Gasteiger partial charge in [-0.25, -0.2) is 0 Å². The van der Waals surface area contributed by atoms with Gasteiger partial charge in [0.05, 0.1) is 12.7 Å². The van der Waals surface area contributed by atoms with Crippen LogP contribution in [0.3, 0.4) is 0 Å². The lowest BCUT2D eigenvalue weighted by Crippen LogP contribution is -2.48. The maximum Gasteiger partial charge on any atom is 0.295 e. The van der Waals surface area contributed by atoms with Crippen molar-refractivity contribution in [2.24, 2.45) is 0 Å². The molecule has 4 rings (SSSR count). The minimum absolute atomic E-state index is 0.194. The Hall–Kier alpha value is -1.79. The van der Waals surface area contributed by atoms with Crippen LogP contribution in [0.2, 0.25) is 0 Å². The zero-order valence-electron chi connectivity index (χ0n) is 11.9. The Balaban J connectivity index is 1.39. The van der Waals surface area contributed by atoms with Crippen molar-refractivity contribution in [1.82, 2.24) is 9.88 Å². The van der Waals surface area contributed by atoms with E-state index in [9.17, 15) is 0 Å². The van der Waals surface area contributed by atoms with E-state index in [4.69, 9.17) is 14.9 Å². The van der Waals surface area contributed by atoms with E-state index in [2.05, 4.69) is 15.2 Å². The number of aromatic nitrogens is 1. The predicted octanol–water partition coefficient (Wildman–Crippen LogP) is 1.69. The first-order chi connectivity index (χ1) is 10.3. The van der Waals surface area contributed by atoms with Crippen molar-refractivity contribution in [2.45, 2.75) is 25.0 Å². The van der Waals surface area contributed by atoms with E-state index < -0.39 is 0 Å². The predicted molar refractivity (Wildman–Crippen MR) is 81.2 cm³/mol. The fourth-order valence-electron chi connectivity index (χ4n) is 3.23. The van der Waals surface area contributed by atoms with Gasteiger partial charge in [0.25, 0.3) is 6.01 Å². The lowest BCUT2D eigenvalue weighted by molar-refractivity contribution is -0.0417. The highest BCUT2D eigenvalue weighted by Crippen LogP contribution is 2.24. The van der Waals surface area contributed by atoms with Gasteiger partial charge in [0.1, 0.15) is 5.52 Å². The quantitative estimate of drug-likeness (QED) is 0.837. The molecule has 2 saturated heterocycles. The number of ether oxygens (including phenoxy) is 1. The van der Waals surface area contributed by atoms with E-state index in [1.807, 2.05) is 18.2 Å². The maximum absolute atomic E-state index is 5.91. The molecule has 6 nitrogen and oxygen atoms in total. The SMILES string of the molecule is Nc1ccc2oc(NCC3CN4CCCC4CO3)nc2c1. The molecule has 0 amide bonds. The third-order valence-corrected chi connectivity index (χ3v) is 4.35. The zero-order valence-corrected chi connectivity index (χ0v) is 11.9. The van der Waals surface area contributed by atoms with Crippen molar-refractivity contribution in [1.29, 1.82) is 0 Å². The summed E-state index contributed by atoms with van der Waals surface area (Å²) in [5.74, 6) is 0. The highest BCUT2D eigenvalue weighted by atomic mass is 16.5. The highest BCUT2D eigenvalue weighted by molar-refractivity contribution is 5.78. The summed E-state index contributed by atoms with van der Waals surface area (Å²) in [5.41, 5.74) is 7.96. The summed E-state index contributed by atoms with van der Waals surface area (Å²) in [6.07, 6.45) is 2.76. The first-order valence-electron chi connectivity index (χ1n) is 7.53. The number of nitrogen functional groups attached to an aromatic ring is 1. The van der Waals surface area contributed by atoms with Crippen molar-refractivity contribution in [2.75, 3.05) is 37.3 Å². The Morgan fingerprint density at radius 1 is 1.43 bits per heavy atom. The van der Waals surface area contributed by atoms with Crippen LogP contribution in [0.15, 0.2) is 22.6 Å². The van der Waals surface area contributed by atoms with Crippen LogP contribution in [-0.4, -0.2) is 48.3 Å². The average molecular weight is 288 g/mol. The number of nitrogens with two attached hydrogens (primary N) is 1. The number of oxazole rings is 1. The molecule has 3 N–H and O–H groups in total. The van der Waals surface area contributed by atoms with E-state index in [0.29, 0.717) is 24.3 Å². The molecule has 0 saturated carbocycles. The van der Waals surface area contributed by atoms with E-state index in [-0.39, 0.29) is 6.10 Å². The molecule has 6 heteroatoms.